The highest BCUT2D eigenvalue weighted by molar-refractivity contribution is 6.33. The molecule has 80 valence electrons. The molecular formula is C10H10ClFN2O. The second kappa shape index (κ2) is 3.72. The fourth-order valence-corrected chi connectivity index (χ4v) is 1.79. The van der Waals surface area contributed by atoms with Gasteiger partial charge in [-0.25, -0.2) is 4.39 Å². The fraction of sp³-hybridized carbons (Fsp3) is 0.200. The van der Waals surface area contributed by atoms with Crippen LogP contribution in [0.4, 0.5) is 4.39 Å². The van der Waals surface area contributed by atoms with Gasteiger partial charge in [-0.05, 0) is 12.1 Å². The lowest BCUT2D eigenvalue weighted by atomic mass is 10.2. The number of hydrogen-bond donors (Lipinski definition) is 2. The van der Waals surface area contributed by atoms with Gasteiger partial charge in [0.25, 0.3) is 0 Å². The van der Waals surface area contributed by atoms with Gasteiger partial charge in [0.05, 0.1) is 12.6 Å². The van der Waals surface area contributed by atoms with E-state index in [0.717, 1.165) is 11.1 Å². The Morgan fingerprint density at radius 1 is 1.53 bits per heavy atom. The van der Waals surface area contributed by atoms with E-state index in [-0.39, 0.29) is 5.02 Å². The van der Waals surface area contributed by atoms with Gasteiger partial charge in [0.15, 0.2) is 0 Å². The van der Waals surface area contributed by atoms with Crippen molar-refractivity contribution in [1.29, 1.82) is 0 Å². The van der Waals surface area contributed by atoms with E-state index < -0.39 is 5.82 Å². The van der Waals surface area contributed by atoms with Crippen LogP contribution in [0.2, 0.25) is 5.02 Å². The predicted octanol–water partition coefficient (Wildman–Crippen LogP) is 2.43. The molecule has 0 bridgehead atoms. The number of nitrogens with one attached hydrogen (secondary N) is 1. The maximum Gasteiger partial charge on any atom is 0.149 e. The van der Waals surface area contributed by atoms with Gasteiger partial charge in [-0.1, -0.05) is 11.6 Å². The van der Waals surface area contributed by atoms with E-state index in [1.54, 1.807) is 6.07 Å². The number of benzene rings is 1. The second-order valence-corrected chi connectivity index (χ2v) is 3.54. The van der Waals surface area contributed by atoms with Crippen LogP contribution in [-0.4, -0.2) is 12.1 Å². The molecule has 3 nitrogen and oxygen atoms in total. The first-order chi connectivity index (χ1) is 7.17. The van der Waals surface area contributed by atoms with Crippen molar-refractivity contribution >= 4 is 22.5 Å². The summed E-state index contributed by atoms with van der Waals surface area (Å²) in [5, 5.41) is 0.733. The van der Waals surface area contributed by atoms with Crippen LogP contribution in [0.3, 0.4) is 0 Å². The molecule has 0 saturated heterocycles. The Bertz CT molecular complexity index is 510. The van der Waals surface area contributed by atoms with Crippen LogP contribution < -0.4 is 10.5 Å². The Morgan fingerprint density at radius 2 is 2.27 bits per heavy atom. The zero-order valence-corrected chi connectivity index (χ0v) is 8.86. The van der Waals surface area contributed by atoms with E-state index in [4.69, 9.17) is 22.1 Å². The van der Waals surface area contributed by atoms with Crippen LogP contribution in [0.1, 0.15) is 5.69 Å². The number of aromatic amines is 1. The number of fused-ring (bicyclic) bond motifs is 1. The smallest absolute Gasteiger partial charge is 0.149 e. The van der Waals surface area contributed by atoms with Crippen LogP contribution in [0.15, 0.2) is 12.1 Å². The maximum atomic E-state index is 13.3. The van der Waals surface area contributed by atoms with Crippen LogP contribution in [0, 0.1) is 5.82 Å². The molecule has 0 unspecified atom stereocenters. The number of H-pyrrole nitrogens is 1. The number of rotatable bonds is 2. The molecule has 0 aliphatic rings. The average molecular weight is 229 g/mol. The SMILES string of the molecule is COc1c(Cl)c(F)cc2[nH]c(CN)cc12. The van der Waals surface area contributed by atoms with Crippen molar-refractivity contribution in [2.24, 2.45) is 5.73 Å². The lowest BCUT2D eigenvalue weighted by molar-refractivity contribution is 0.417. The molecule has 1 heterocycles. The van der Waals surface area contributed by atoms with Crippen LogP contribution in [0.25, 0.3) is 10.9 Å². The molecule has 0 aliphatic heterocycles. The monoisotopic (exact) mass is 228 g/mol. The molecule has 0 saturated carbocycles. The van der Waals surface area contributed by atoms with Crippen molar-refractivity contribution in [2.45, 2.75) is 6.54 Å². The largest absolute Gasteiger partial charge is 0.494 e. The van der Waals surface area contributed by atoms with Crippen molar-refractivity contribution in [2.75, 3.05) is 7.11 Å². The van der Waals surface area contributed by atoms with Gasteiger partial charge in [0, 0.05) is 17.6 Å². The number of halogens is 2. The summed E-state index contributed by atoms with van der Waals surface area (Å²) in [4.78, 5) is 2.98. The Morgan fingerprint density at radius 3 is 2.87 bits per heavy atom. The van der Waals surface area contributed by atoms with Gasteiger partial charge in [-0.15, -0.1) is 0 Å². The molecule has 0 atom stereocenters. The molecule has 1 aromatic carbocycles. The van der Waals surface area contributed by atoms with Gasteiger partial charge < -0.3 is 15.5 Å². The molecule has 5 heteroatoms. The maximum absolute atomic E-state index is 13.3. The summed E-state index contributed by atoms with van der Waals surface area (Å²) in [6, 6.07) is 3.14. The van der Waals surface area contributed by atoms with E-state index in [1.165, 1.54) is 13.2 Å². The summed E-state index contributed by atoms with van der Waals surface area (Å²) in [5.74, 6) is -0.172. The number of hydrogen-bond acceptors (Lipinski definition) is 2. The molecule has 2 rings (SSSR count). The lowest BCUT2D eigenvalue weighted by Gasteiger charge is -2.04. The second-order valence-electron chi connectivity index (χ2n) is 3.17. The van der Waals surface area contributed by atoms with E-state index in [9.17, 15) is 4.39 Å². The standard InChI is InChI=1S/C10H10ClFN2O/c1-15-10-6-2-5(4-13)14-8(6)3-7(12)9(10)11/h2-3,14H,4,13H2,1H3. The molecule has 3 N–H and O–H groups in total. The molecule has 0 amide bonds. The van der Waals surface area contributed by atoms with Crippen molar-refractivity contribution in [3.05, 3.63) is 28.7 Å². The van der Waals surface area contributed by atoms with Gasteiger partial charge in [-0.2, -0.15) is 0 Å². The topological polar surface area (TPSA) is 51.0 Å². The van der Waals surface area contributed by atoms with E-state index >= 15 is 0 Å². The summed E-state index contributed by atoms with van der Waals surface area (Å²) in [6.07, 6.45) is 0. The first kappa shape index (κ1) is 10.3. The van der Waals surface area contributed by atoms with Crippen LogP contribution in [0.5, 0.6) is 5.75 Å². The highest BCUT2D eigenvalue weighted by Gasteiger charge is 2.14. The van der Waals surface area contributed by atoms with Crippen molar-refractivity contribution in [3.8, 4) is 5.75 Å². The van der Waals surface area contributed by atoms with Crippen molar-refractivity contribution < 1.29 is 9.13 Å². The minimum Gasteiger partial charge on any atom is -0.494 e. The molecular weight excluding hydrogens is 219 g/mol. The molecule has 15 heavy (non-hydrogen) atoms. The van der Waals surface area contributed by atoms with Gasteiger partial charge in [0.1, 0.15) is 16.6 Å². The number of nitrogens with two attached hydrogens (primary N) is 1. The van der Waals surface area contributed by atoms with Gasteiger partial charge >= 0.3 is 0 Å². The summed E-state index contributed by atoms with van der Waals surface area (Å²) >= 11 is 5.78. The molecule has 2 aromatic rings. The Labute approximate surface area is 91.0 Å². The Balaban J connectivity index is 2.79. The molecule has 0 spiro atoms. The minimum absolute atomic E-state index is 0.00688. The lowest BCUT2D eigenvalue weighted by Crippen LogP contribution is -1.94. The van der Waals surface area contributed by atoms with Crippen LogP contribution >= 0.6 is 11.6 Å². The molecule has 0 radical (unpaired) electrons. The van der Waals surface area contributed by atoms with E-state index in [0.29, 0.717) is 17.8 Å². The minimum atomic E-state index is -0.508. The van der Waals surface area contributed by atoms with Crippen molar-refractivity contribution in [3.63, 3.8) is 0 Å². The number of methoxy groups -OCH3 is 1. The summed E-state index contributed by atoms with van der Waals surface area (Å²) < 4.78 is 18.4. The molecule has 0 fully saturated rings. The third kappa shape index (κ3) is 1.56. The van der Waals surface area contributed by atoms with Crippen LogP contribution in [-0.2, 0) is 6.54 Å². The predicted molar refractivity (Wildman–Crippen MR) is 57.7 cm³/mol. The Kier molecular flexibility index (Phi) is 2.54. The number of aromatic nitrogens is 1. The number of ether oxygens (including phenoxy) is 1. The third-order valence-electron chi connectivity index (χ3n) is 2.25. The first-order valence-electron chi connectivity index (χ1n) is 4.41. The summed E-state index contributed by atoms with van der Waals surface area (Å²) in [6.45, 7) is 0.358. The Hall–Kier alpha value is -1.26. The van der Waals surface area contributed by atoms with Crippen molar-refractivity contribution in [1.82, 2.24) is 4.98 Å². The molecule has 1 aromatic heterocycles. The zero-order valence-electron chi connectivity index (χ0n) is 8.10. The first-order valence-corrected chi connectivity index (χ1v) is 4.78. The van der Waals surface area contributed by atoms with E-state index in [2.05, 4.69) is 4.98 Å². The summed E-state index contributed by atoms with van der Waals surface area (Å²) in [5.41, 5.74) is 6.93. The van der Waals surface area contributed by atoms with E-state index in [1.807, 2.05) is 0 Å². The quantitative estimate of drug-likeness (QED) is 0.830. The molecule has 0 aliphatic carbocycles. The highest BCUT2D eigenvalue weighted by atomic mass is 35.5. The normalized spacial score (nSPS) is 10.9. The van der Waals surface area contributed by atoms with Gasteiger partial charge in [0.2, 0.25) is 0 Å². The summed E-state index contributed by atoms with van der Waals surface area (Å²) in [7, 11) is 1.45. The highest BCUT2D eigenvalue weighted by Crippen LogP contribution is 2.35. The third-order valence-corrected chi connectivity index (χ3v) is 2.60. The van der Waals surface area contributed by atoms with Gasteiger partial charge in [-0.3, -0.25) is 0 Å². The average Bonchev–Trinajstić information content (AvgIpc) is 2.62. The fourth-order valence-electron chi connectivity index (χ4n) is 1.56. The zero-order chi connectivity index (χ0) is 11.0.